The number of carbonyl (C=O) groups is 1. The van der Waals surface area contributed by atoms with Crippen molar-refractivity contribution in [2.45, 2.75) is 35.1 Å². The Morgan fingerprint density at radius 2 is 2.11 bits per heavy atom. The molecular formula is C20H17BrClNO3S. The van der Waals surface area contributed by atoms with E-state index in [1.165, 1.54) is 0 Å². The zero-order chi connectivity index (χ0) is 19.1. The number of methoxy groups -OCH3 is 1. The van der Waals surface area contributed by atoms with E-state index >= 15 is 0 Å². The molecule has 0 aliphatic carbocycles. The van der Waals surface area contributed by atoms with Crippen LogP contribution in [0.15, 0.2) is 50.7 Å². The molecule has 4 nitrogen and oxygen atoms in total. The first-order valence-electron chi connectivity index (χ1n) is 8.52. The third-order valence-corrected chi connectivity index (χ3v) is 6.87. The van der Waals surface area contributed by atoms with Crippen LogP contribution in [0.4, 0.5) is 0 Å². The maximum Gasteiger partial charge on any atom is 0.304 e. The number of benzene rings is 2. The van der Waals surface area contributed by atoms with E-state index in [2.05, 4.69) is 20.5 Å². The number of fused-ring (bicyclic) bond motifs is 3. The van der Waals surface area contributed by atoms with Gasteiger partial charge in [-0.25, -0.2) is 0 Å². The Hall–Kier alpha value is -1.63. The van der Waals surface area contributed by atoms with Crippen LogP contribution in [0.25, 0.3) is 10.9 Å². The molecule has 0 bridgehead atoms. The van der Waals surface area contributed by atoms with E-state index in [1.54, 1.807) is 18.9 Å². The van der Waals surface area contributed by atoms with Gasteiger partial charge in [-0.2, -0.15) is 0 Å². The third-order valence-electron chi connectivity index (χ3n) is 4.86. The van der Waals surface area contributed by atoms with Crippen LogP contribution in [0.5, 0.6) is 5.75 Å². The number of rotatable bonds is 5. The average molecular weight is 467 g/mol. The Morgan fingerprint density at radius 3 is 2.78 bits per heavy atom. The SMILES string of the molecule is COc1cc(Br)c2c(Sc3ccc(Cl)cc3)c3n(c2c1)CCC3CC(=O)O. The highest BCUT2D eigenvalue weighted by atomic mass is 79.9. The fourth-order valence-electron chi connectivity index (χ4n) is 3.71. The quantitative estimate of drug-likeness (QED) is 0.488. The molecule has 2 aromatic carbocycles. The zero-order valence-electron chi connectivity index (χ0n) is 14.5. The van der Waals surface area contributed by atoms with Crippen LogP contribution < -0.4 is 4.74 Å². The summed E-state index contributed by atoms with van der Waals surface area (Å²) in [5.41, 5.74) is 2.17. The molecule has 0 amide bonds. The molecule has 0 spiro atoms. The van der Waals surface area contributed by atoms with Crippen molar-refractivity contribution in [3.05, 3.63) is 51.6 Å². The second-order valence-electron chi connectivity index (χ2n) is 6.51. The summed E-state index contributed by atoms with van der Waals surface area (Å²) in [6.07, 6.45) is 0.972. The molecule has 4 rings (SSSR count). The Balaban J connectivity index is 1.91. The number of carboxylic acids is 1. The maximum absolute atomic E-state index is 11.4. The van der Waals surface area contributed by atoms with Gasteiger partial charge in [0.15, 0.2) is 0 Å². The minimum absolute atomic E-state index is 0.00240. The summed E-state index contributed by atoms with van der Waals surface area (Å²) >= 11 is 11.4. The van der Waals surface area contributed by atoms with Crippen molar-refractivity contribution in [3.8, 4) is 5.75 Å². The number of carboxylic acid groups (broad SMARTS) is 1. The molecule has 1 N–H and O–H groups in total. The number of aromatic nitrogens is 1. The topological polar surface area (TPSA) is 51.5 Å². The Labute approximate surface area is 174 Å². The van der Waals surface area contributed by atoms with Crippen LogP contribution in [0, 0.1) is 0 Å². The molecule has 3 aromatic rings. The monoisotopic (exact) mass is 465 g/mol. The number of aliphatic carboxylic acids is 1. The van der Waals surface area contributed by atoms with E-state index < -0.39 is 5.97 Å². The van der Waals surface area contributed by atoms with Gasteiger partial charge in [-0.15, -0.1) is 0 Å². The third kappa shape index (κ3) is 3.46. The van der Waals surface area contributed by atoms with Crippen molar-refractivity contribution in [1.29, 1.82) is 0 Å². The summed E-state index contributed by atoms with van der Waals surface area (Å²) < 4.78 is 8.63. The van der Waals surface area contributed by atoms with Crippen LogP contribution in [-0.4, -0.2) is 22.8 Å². The van der Waals surface area contributed by atoms with Gasteiger partial charge in [0.25, 0.3) is 0 Å². The number of ether oxygens (including phenoxy) is 1. The molecule has 0 fully saturated rings. The number of aryl methyl sites for hydroxylation is 1. The molecule has 1 atom stereocenters. The molecule has 2 heterocycles. The number of hydrogen-bond donors (Lipinski definition) is 1. The van der Waals surface area contributed by atoms with E-state index in [1.807, 2.05) is 36.4 Å². The van der Waals surface area contributed by atoms with Crippen molar-refractivity contribution in [1.82, 2.24) is 4.57 Å². The zero-order valence-corrected chi connectivity index (χ0v) is 17.7. The van der Waals surface area contributed by atoms with Crippen molar-refractivity contribution in [2.24, 2.45) is 0 Å². The van der Waals surface area contributed by atoms with Gasteiger partial charge in [-0.05, 0) is 52.7 Å². The Kier molecular flexibility index (Phi) is 5.14. The van der Waals surface area contributed by atoms with Crippen LogP contribution in [0.1, 0.15) is 24.5 Å². The van der Waals surface area contributed by atoms with Crippen LogP contribution >= 0.6 is 39.3 Å². The largest absolute Gasteiger partial charge is 0.497 e. The van der Waals surface area contributed by atoms with Gasteiger partial charge in [-0.1, -0.05) is 23.4 Å². The van der Waals surface area contributed by atoms with Gasteiger partial charge >= 0.3 is 5.97 Å². The molecule has 140 valence electrons. The molecule has 27 heavy (non-hydrogen) atoms. The lowest BCUT2D eigenvalue weighted by Gasteiger charge is -2.11. The molecule has 0 saturated heterocycles. The summed E-state index contributed by atoms with van der Waals surface area (Å²) in [6, 6.07) is 11.7. The first-order chi connectivity index (χ1) is 13.0. The lowest BCUT2D eigenvalue weighted by atomic mass is 10.0. The van der Waals surface area contributed by atoms with Crippen LogP contribution in [-0.2, 0) is 11.3 Å². The molecule has 7 heteroatoms. The minimum atomic E-state index is -0.766. The average Bonchev–Trinajstić information content (AvgIpc) is 3.16. The van der Waals surface area contributed by atoms with Crippen molar-refractivity contribution in [3.63, 3.8) is 0 Å². The first kappa shape index (κ1) is 18.7. The molecule has 0 radical (unpaired) electrons. The van der Waals surface area contributed by atoms with Crippen LogP contribution in [0.3, 0.4) is 0 Å². The second-order valence-corrected chi connectivity index (χ2v) is 8.88. The van der Waals surface area contributed by atoms with Gasteiger partial charge in [0.2, 0.25) is 0 Å². The van der Waals surface area contributed by atoms with E-state index in [4.69, 9.17) is 16.3 Å². The van der Waals surface area contributed by atoms with Crippen molar-refractivity contribution >= 4 is 56.2 Å². The second kappa shape index (κ2) is 7.41. The molecular weight excluding hydrogens is 450 g/mol. The first-order valence-corrected chi connectivity index (χ1v) is 10.5. The Bertz CT molecular complexity index is 1030. The molecule has 1 aliphatic rings. The minimum Gasteiger partial charge on any atom is -0.497 e. The standard InChI is InChI=1S/C20H17BrClNO3S/c1-26-13-9-15(21)18-16(10-13)23-7-6-11(8-17(24)25)19(23)20(18)27-14-4-2-12(22)3-5-14/h2-5,9-11H,6-8H2,1H3,(H,24,25). The number of nitrogens with zero attached hydrogens (tertiary/aromatic N) is 1. The number of hydrogen-bond acceptors (Lipinski definition) is 3. The predicted octanol–water partition coefficient (Wildman–Crippen LogP) is 6.18. The summed E-state index contributed by atoms with van der Waals surface area (Å²) in [5, 5.41) is 11.2. The fraction of sp³-hybridized carbons (Fsp3) is 0.250. The smallest absolute Gasteiger partial charge is 0.304 e. The van der Waals surface area contributed by atoms with Gasteiger partial charge < -0.3 is 14.4 Å². The van der Waals surface area contributed by atoms with E-state index in [-0.39, 0.29) is 12.3 Å². The fourth-order valence-corrected chi connectivity index (χ4v) is 5.80. The van der Waals surface area contributed by atoms with Crippen molar-refractivity contribution in [2.75, 3.05) is 7.11 Å². The summed E-state index contributed by atoms with van der Waals surface area (Å²) in [7, 11) is 1.65. The lowest BCUT2D eigenvalue weighted by molar-refractivity contribution is -0.137. The van der Waals surface area contributed by atoms with Crippen LogP contribution in [0.2, 0.25) is 5.02 Å². The highest BCUT2D eigenvalue weighted by Crippen LogP contribution is 2.49. The lowest BCUT2D eigenvalue weighted by Crippen LogP contribution is -2.04. The number of halogens is 2. The highest BCUT2D eigenvalue weighted by Gasteiger charge is 2.32. The van der Waals surface area contributed by atoms with E-state index in [0.717, 1.165) is 49.6 Å². The van der Waals surface area contributed by atoms with Crippen molar-refractivity contribution < 1.29 is 14.6 Å². The molecule has 1 aromatic heterocycles. The van der Waals surface area contributed by atoms with E-state index in [0.29, 0.717) is 5.02 Å². The van der Waals surface area contributed by atoms with E-state index in [9.17, 15) is 9.90 Å². The molecule has 0 saturated carbocycles. The van der Waals surface area contributed by atoms with Gasteiger partial charge in [-0.3, -0.25) is 4.79 Å². The highest BCUT2D eigenvalue weighted by molar-refractivity contribution is 9.10. The molecule has 1 aliphatic heterocycles. The summed E-state index contributed by atoms with van der Waals surface area (Å²) in [4.78, 5) is 13.6. The predicted molar refractivity (Wildman–Crippen MR) is 111 cm³/mol. The Morgan fingerprint density at radius 1 is 1.37 bits per heavy atom. The maximum atomic E-state index is 11.4. The molecule has 1 unspecified atom stereocenters. The van der Waals surface area contributed by atoms with Gasteiger partial charge in [0.05, 0.1) is 19.0 Å². The van der Waals surface area contributed by atoms with Gasteiger partial charge in [0.1, 0.15) is 5.75 Å². The summed E-state index contributed by atoms with van der Waals surface area (Å²) in [6.45, 7) is 0.810. The van der Waals surface area contributed by atoms with Gasteiger partial charge in [0, 0.05) is 48.9 Å². The normalized spacial score (nSPS) is 15.9. The summed E-state index contributed by atoms with van der Waals surface area (Å²) in [5.74, 6) is 0.0137.